The molecule has 0 fully saturated rings. The van der Waals surface area contributed by atoms with Crippen LogP contribution in [0.2, 0.25) is 0 Å². The number of aliphatic hydroxyl groups excluding tert-OH is 1. The van der Waals surface area contributed by atoms with Crippen molar-refractivity contribution in [1.82, 2.24) is 0 Å². The van der Waals surface area contributed by atoms with Crippen molar-refractivity contribution in [3.8, 4) is 0 Å². The third-order valence-electron chi connectivity index (χ3n) is 3.66. The van der Waals surface area contributed by atoms with Crippen molar-refractivity contribution < 1.29 is 5.11 Å². The van der Waals surface area contributed by atoms with Crippen LogP contribution in [0.15, 0.2) is 0 Å². The first-order valence-corrected chi connectivity index (χ1v) is 8.17. The van der Waals surface area contributed by atoms with E-state index < -0.39 is 0 Å². The van der Waals surface area contributed by atoms with Crippen LogP contribution in [0.4, 0.5) is 0 Å². The summed E-state index contributed by atoms with van der Waals surface area (Å²) in [6, 6.07) is 0.00752. The quantitative estimate of drug-likeness (QED) is 0.451. The van der Waals surface area contributed by atoms with Crippen LogP contribution in [0.3, 0.4) is 0 Å². The number of unbranched alkanes of at least 4 members (excludes halogenated alkanes) is 11. The fourth-order valence-corrected chi connectivity index (χ4v) is 2.34. The van der Waals surface area contributed by atoms with Gasteiger partial charge in [-0.05, 0) is 6.42 Å². The van der Waals surface area contributed by atoms with E-state index in [-0.39, 0.29) is 25.1 Å². The predicted octanol–water partition coefficient (Wildman–Crippen LogP) is 4.82. The monoisotopic (exact) mass is 293 g/mol. The maximum absolute atomic E-state index is 8.79. The highest BCUT2D eigenvalue weighted by Gasteiger charge is 1.99. The lowest BCUT2D eigenvalue weighted by atomic mass is 10.0. The third-order valence-corrected chi connectivity index (χ3v) is 3.66. The molecule has 0 rings (SSSR count). The van der Waals surface area contributed by atoms with Crippen LogP contribution in [0.1, 0.15) is 90.4 Å². The number of hydrogen-bond acceptors (Lipinski definition) is 2. The minimum Gasteiger partial charge on any atom is -0.395 e. The van der Waals surface area contributed by atoms with Gasteiger partial charge in [0.15, 0.2) is 0 Å². The van der Waals surface area contributed by atoms with Crippen LogP contribution in [-0.2, 0) is 0 Å². The lowest BCUT2D eigenvalue weighted by Gasteiger charge is -2.07. The van der Waals surface area contributed by atoms with E-state index >= 15 is 0 Å². The van der Waals surface area contributed by atoms with Crippen molar-refractivity contribution in [2.24, 2.45) is 5.73 Å². The molecule has 0 aromatic heterocycles. The Morgan fingerprint density at radius 3 is 1.47 bits per heavy atom. The van der Waals surface area contributed by atoms with Gasteiger partial charge in [0.25, 0.3) is 0 Å². The van der Waals surface area contributed by atoms with Crippen molar-refractivity contribution >= 4 is 12.4 Å². The second-order valence-corrected chi connectivity index (χ2v) is 5.62. The molecule has 1 atom stereocenters. The summed E-state index contributed by atoms with van der Waals surface area (Å²) in [6.07, 6.45) is 17.5. The lowest BCUT2D eigenvalue weighted by molar-refractivity contribution is 0.257. The maximum Gasteiger partial charge on any atom is 0.0582 e. The van der Waals surface area contributed by atoms with Gasteiger partial charge in [-0.3, -0.25) is 0 Å². The maximum atomic E-state index is 8.79. The SMILES string of the molecule is CCCCCCCCCCCCCC[C@H](N)CO.Cl. The number of halogens is 1. The van der Waals surface area contributed by atoms with E-state index in [1.807, 2.05) is 0 Å². The molecule has 118 valence electrons. The Balaban J connectivity index is 0. The number of aliphatic hydroxyl groups is 1. The van der Waals surface area contributed by atoms with Gasteiger partial charge in [0, 0.05) is 6.04 Å². The Morgan fingerprint density at radius 1 is 0.737 bits per heavy atom. The first kappa shape index (κ1) is 21.5. The highest BCUT2D eigenvalue weighted by atomic mass is 35.5. The average Bonchev–Trinajstić information content (AvgIpc) is 2.39. The summed E-state index contributed by atoms with van der Waals surface area (Å²) in [7, 11) is 0. The predicted molar refractivity (Wildman–Crippen MR) is 88.0 cm³/mol. The van der Waals surface area contributed by atoms with Crippen LogP contribution < -0.4 is 5.73 Å². The fourth-order valence-electron chi connectivity index (χ4n) is 2.34. The molecule has 0 aromatic carbocycles. The molecule has 0 aliphatic rings. The van der Waals surface area contributed by atoms with Crippen molar-refractivity contribution in [2.45, 2.75) is 96.4 Å². The van der Waals surface area contributed by atoms with Gasteiger partial charge in [-0.1, -0.05) is 84.0 Å². The molecule has 3 heteroatoms. The molecule has 0 aromatic rings. The Hall–Kier alpha value is 0.210. The van der Waals surface area contributed by atoms with Crippen LogP contribution in [0, 0.1) is 0 Å². The first-order chi connectivity index (χ1) is 8.81. The Bertz CT molecular complexity index is 156. The van der Waals surface area contributed by atoms with Gasteiger partial charge < -0.3 is 10.8 Å². The second-order valence-electron chi connectivity index (χ2n) is 5.62. The molecule has 0 heterocycles. The van der Waals surface area contributed by atoms with Gasteiger partial charge in [-0.25, -0.2) is 0 Å². The fraction of sp³-hybridized carbons (Fsp3) is 1.00. The largest absolute Gasteiger partial charge is 0.395 e. The Kier molecular flexibility index (Phi) is 20.6. The van der Waals surface area contributed by atoms with Crippen LogP contribution >= 0.6 is 12.4 Å². The Morgan fingerprint density at radius 2 is 1.11 bits per heavy atom. The first-order valence-electron chi connectivity index (χ1n) is 8.17. The van der Waals surface area contributed by atoms with E-state index in [2.05, 4.69) is 6.92 Å². The van der Waals surface area contributed by atoms with Gasteiger partial charge in [-0.15, -0.1) is 12.4 Å². The second kappa shape index (κ2) is 18.2. The molecule has 0 amide bonds. The van der Waals surface area contributed by atoms with Gasteiger partial charge in [0.2, 0.25) is 0 Å². The normalized spacial score (nSPS) is 12.2. The van der Waals surface area contributed by atoms with Gasteiger partial charge in [-0.2, -0.15) is 0 Å². The van der Waals surface area contributed by atoms with E-state index in [1.54, 1.807) is 0 Å². The van der Waals surface area contributed by atoms with Gasteiger partial charge in [0.05, 0.1) is 6.61 Å². The molecule has 2 nitrogen and oxygen atoms in total. The lowest BCUT2D eigenvalue weighted by Crippen LogP contribution is -2.23. The third kappa shape index (κ3) is 18.2. The average molecular weight is 294 g/mol. The summed E-state index contributed by atoms with van der Waals surface area (Å²) in [4.78, 5) is 0. The highest BCUT2D eigenvalue weighted by Crippen LogP contribution is 2.12. The van der Waals surface area contributed by atoms with Gasteiger partial charge in [0.1, 0.15) is 0 Å². The molecular weight excluding hydrogens is 258 g/mol. The summed E-state index contributed by atoms with van der Waals surface area (Å²) in [5, 5.41) is 8.79. The molecule has 0 radical (unpaired) electrons. The smallest absolute Gasteiger partial charge is 0.0582 e. The molecule has 0 saturated heterocycles. The van der Waals surface area contributed by atoms with E-state index in [0.29, 0.717) is 0 Å². The zero-order valence-corrected chi connectivity index (χ0v) is 13.7. The number of rotatable bonds is 14. The highest BCUT2D eigenvalue weighted by molar-refractivity contribution is 5.85. The topological polar surface area (TPSA) is 46.2 Å². The van der Waals surface area contributed by atoms with Crippen LogP contribution in [-0.4, -0.2) is 17.8 Å². The van der Waals surface area contributed by atoms with Crippen molar-refractivity contribution in [1.29, 1.82) is 0 Å². The van der Waals surface area contributed by atoms with E-state index in [1.165, 1.54) is 77.0 Å². The van der Waals surface area contributed by atoms with E-state index in [0.717, 1.165) is 6.42 Å². The standard InChI is InChI=1S/C16H35NO.ClH/c1-2-3-4-5-6-7-8-9-10-11-12-13-14-16(17)15-18;/h16,18H,2-15,17H2,1H3;1H/t16-;/m0./s1. The molecule has 0 saturated carbocycles. The molecule has 3 N–H and O–H groups in total. The Labute approximate surface area is 127 Å². The van der Waals surface area contributed by atoms with Crippen molar-refractivity contribution in [3.63, 3.8) is 0 Å². The summed E-state index contributed by atoms with van der Waals surface area (Å²) in [5.41, 5.74) is 5.65. The molecular formula is C16H36ClNO. The molecule has 0 aliphatic carbocycles. The minimum atomic E-state index is 0. The van der Waals surface area contributed by atoms with Crippen LogP contribution in [0.5, 0.6) is 0 Å². The summed E-state index contributed by atoms with van der Waals surface area (Å²) in [5.74, 6) is 0. The van der Waals surface area contributed by atoms with Gasteiger partial charge >= 0.3 is 0 Å². The zero-order chi connectivity index (χ0) is 13.5. The van der Waals surface area contributed by atoms with Crippen molar-refractivity contribution in [3.05, 3.63) is 0 Å². The molecule has 19 heavy (non-hydrogen) atoms. The molecule has 0 unspecified atom stereocenters. The number of hydrogen-bond donors (Lipinski definition) is 2. The summed E-state index contributed by atoms with van der Waals surface area (Å²) in [6.45, 7) is 2.41. The van der Waals surface area contributed by atoms with Crippen LogP contribution in [0.25, 0.3) is 0 Å². The molecule has 0 spiro atoms. The zero-order valence-electron chi connectivity index (χ0n) is 12.9. The minimum absolute atomic E-state index is 0. The molecule has 0 aliphatic heterocycles. The summed E-state index contributed by atoms with van der Waals surface area (Å²) < 4.78 is 0. The van der Waals surface area contributed by atoms with E-state index in [4.69, 9.17) is 10.8 Å². The molecule has 0 bridgehead atoms. The summed E-state index contributed by atoms with van der Waals surface area (Å²) >= 11 is 0. The number of nitrogens with two attached hydrogens (primary N) is 1. The van der Waals surface area contributed by atoms with E-state index in [9.17, 15) is 0 Å². The van der Waals surface area contributed by atoms with Crippen molar-refractivity contribution in [2.75, 3.05) is 6.61 Å².